The molecule has 6 nitrogen and oxygen atoms in total. The van der Waals surface area contributed by atoms with Gasteiger partial charge in [-0.15, -0.1) is 35.7 Å². The van der Waals surface area contributed by atoms with E-state index in [2.05, 4.69) is 47.9 Å². The molecule has 1 aliphatic carbocycles. The predicted octanol–water partition coefficient (Wildman–Crippen LogP) is 3.16. The minimum Gasteiger partial charge on any atom is -0.357 e. The number of hydrogen-bond donors (Lipinski definition) is 2. The van der Waals surface area contributed by atoms with Gasteiger partial charge in [-0.3, -0.25) is 4.99 Å². The molecule has 0 unspecified atom stereocenters. The number of aliphatic imine (C=N–C) groups is 1. The molecule has 0 atom stereocenters. The average molecular weight is 553 g/mol. The second-order valence-corrected chi connectivity index (χ2v) is 11.3. The SMILES string of the molecule is CCNC(=NCC1(Sc2ccccc2)CC1)NCC1CCN(S(C)(=O)=O)CC1.I. The molecule has 29 heavy (non-hydrogen) atoms. The average Bonchev–Trinajstić information content (AvgIpc) is 3.44. The highest BCUT2D eigenvalue weighted by atomic mass is 127. The van der Waals surface area contributed by atoms with Crippen LogP contribution in [0.25, 0.3) is 0 Å². The maximum atomic E-state index is 11.6. The lowest BCUT2D eigenvalue weighted by Gasteiger charge is -2.30. The maximum absolute atomic E-state index is 11.6. The molecule has 9 heteroatoms. The van der Waals surface area contributed by atoms with Crippen LogP contribution < -0.4 is 10.6 Å². The van der Waals surface area contributed by atoms with Crippen LogP contribution >= 0.6 is 35.7 Å². The van der Waals surface area contributed by atoms with Crippen molar-refractivity contribution < 1.29 is 8.42 Å². The van der Waals surface area contributed by atoms with Gasteiger partial charge in [0.1, 0.15) is 0 Å². The zero-order valence-electron chi connectivity index (χ0n) is 17.3. The van der Waals surface area contributed by atoms with Crippen molar-refractivity contribution in [2.45, 2.75) is 42.2 Å². The van der Waals surface area contributed by atoms with Gasteiger partial charge in [-0.1, -0.05) is 18.2 Å². The maximum Gasteiger partial charge on any atom is 0.211 e. The van der Waals surface area contributed by atoms with Crippen molar-refractivity contribution in [3.63, 3.8) is 0 Å². The summed E-state index contributed by atoms with van der Waals surface area (Å²) < 4.78 is 25.1. The summed E-state index contributed by atoms with van der Waals surface area (Å²) in [5, 5.41) is 6.81. The van der Waals surface area contributed by atoms with E-state index < -0.39 is 10.0 Å². The Balaban J connectivity index is 0.00000300. The highest BCUT2D eigenvalue weighted by Gasteiger charge is 2.43. The lowest BCUT2D eigenvalue weighted by molar-refractivity contribution is 0.275. The third kappa shape index (κ3) is 7.91. The van der Waals surface area contributed by atoms with Crippen molar-refractivity contribution in [1.29, 1.82) is 0 Å². The number of nitrogens with zero attached hydrogens (tertiary/aromatic N) is 2. The fraction of sp³-hybridized carbons (Fsp3) is 0.650. The molecule has 1 heterocycles. The summed E-state index contributed by atoms with van der Waals surface area (Å²) >= 11 is 1.94. The summed E-state index contributed by atoms with van der Waals surface area (Å²) in [7, 11) is -3.06. The highest BCUT2D eigenvalue weighted by molar-refractivity contribution is 14.0. The van der Waals surface area contributed by atoms with E-state index in [1.165, 1.54) is 24.0 Å². The first-order valence-corrected chi connectivity index (χ1v) is 12.8. The van der Waals surface area contributed by atoms with Crippen LogP contribution in [0.2, 0.25) is 0 Å². The largest absolute Gasteiger partial charge is 0.357 e. The predicted molar refractivity (Wildman–Crippen MR) is 133 cm³/mol. The first-order valence-electron chi connectivity index (χ1n) is 10.1. The molecule has 2 N–H and O–H groups in total. The van der Waals surface area contributed by atoms with Gasteiger partial charge in [-0.2, -0.15) is 0 Å². The Morgan fingerprint density at radius 2 is 1.86 bits per heavy atom. The molecule has 0 amide bonds. The van der Waals surface area contributed by atoms with E-state index in [0.717, 1.165) is 38.4 Å². The van der Waals surface area contributed by atoms with E-state index in [4.69, 9.17) is 4.99 Å². The molecule has 3 rings (SSSR count). The van der Waals surface area contributed by atoms with Gasteiger partial charge in [0.05, 0.1) is 12.8 Å². The van der Waals surface area contributed by atoms with Crippen LogP contribution in [0.5, 0.6) is 0 Å². The third-order valence-electron chi connectivity index (χ3n) is 5.36. The summed E-state index contributed by atoms with van der Waals surface area (Å²) in [6.45, 7) is 5.80. The number of benzene rings is 1. The topological polar surface area (TPSA) is 73.8 Å². The number of guanidine groups is 1. The minimum absolute atomic E-state index is 0. The highest BCUT2D eigenvalue weighted by Crippen LogP contribution is 2.51. The van der Waals surface area contributed by atoms with Crippen LogP contribution in [0.1, 0.15) is 32.6 Å². The van der Waals surface area contributed by atoms with Crippen molar-refractivity contribution in [3.05, 3.63) is 30.3 Å². The van der Waals surface area contributed by atoms with Gasteiger partial charge in [0.2, 0.25) is 10.0 Å². The van der Waals surface area contributed by atoms with Crippen LogP contribution in [0, 0.1) is 5.92 Å². The summed E-state index contributed by atoms with van der Waals surface area (Å²) in [6, 6.07) is 10.6. The van der Waals surface area contributed by atoms with Crippen molar-refractivity contribution >= 4 is 51.7 Å². The van der Waals surface area contributed by atoms with Crippen LogP contribution in [0.3, 0.4) is 0 Å². The number of sulfonamides is 1. The van der Waals surface area contributed by atoms with Gasteiger partial charge in [0.15, 0.2) is 5.96 Å². The second-order valence-electron chi connectivity index (χ2n) is 7.78. The molecule has 0 spiro atoms. The van der Waals surface area contributed by atoms with E-state index in [1.807, 2.05) is 11.8 Å². The van der Waals surface area contributed by atoms with Crippen LogP contribution in [-0.2, 0) is 10.0 Å². The van der Waals surface area contributed by atoms with Crippen molar-refractivity contribution in [1.82, 2.24) is 14.9 Å². The van der Waals surface area contributed by atoms with Gasteiger partial charge < -0.3 is 10.6 Å². The van der Waals surface area contributed by atoms with Gasteiger partial charge in [-0.25, -0.2) is 12.7 Å². The van der Waals surface area contributed by atoms with Gasteiger partial charge in [-0.05, 0) is 50.7 Å². The summed E-state index contributed by atoms with van der Waals surface area (Å²) in [6.07, 6.45) is 5.50. The molecular formula is C20H33IN4O2S2. The lowest BCUT2D eigenvalue weighted by atomic mass is 9.98. The Bertz CT molecular complexity index is 762. The zero-order valence-corrected chi connectivity index (χ0v) is 21.2. The Morgan fingerprint density at radius 3 is 2.41 bits per heavy atom. The van der Waals surface area contributed by atoms with E-state index in [-0.39, 0.29) is 28.7 Å². The Labute approximate surface area is 196 Å². The van der Waals surface area contributed by atoms with Gasteiger partial charge in [0, 0.05) is 35.8 Å². The molecule has 164 valence electrons. The van der Waals surface area contributed by atoms with Crippen molar-refractivity contribution in [3.8, 4) is 0 Å². The lowest BCUT2D eigenvalue weighted by Crippen LogP contribution is -2.44. The molecule has 2 fully saturated rings. The molecule has 0 aromatic heterocycles. The molecule has 2 aliphatic rings. The van der Waals surface area contributed by atoms with E-state index >= 15 is 0 Å². The quantitative estimate of drug-likeness (QED) is 0.295. The summed E-state index contributed by atoms with van der Waals surface area (Å²) in [5.41, 5.74) is 0. The van der Waals surface area contributed by atoms with Crippen molar-refractivity contribution in [2.75, 3.05) is 39.0 Å². The summed E-state index contributed by atoms with van der Waals surface area (Å²) in [4.78, 5) is 6.16. The monoisotopic (exact) mass is 552 g/mol. The number of piperidine rings is 1. The molecule has 1 aromatic carbocycles. The first-order chi connectivity index (χ1) is 13.4. The Hall–Kier alpha value is -0.520. The van der Waals surface area contributed by atoms with Gasteiger partial charge >= 0.3 is 0 Å². The minimum atomic E-state index is -3.06. The molecule has 1 aromatic rings. The molecule has 0 bridgehead atoms. The number of nitrogens with one attached hydrogen (secondary N) is 2. The van der Waals surface area contributed by atoms with E-state index in [0.29, 0.717) is 19.0 Å². The Kier molecular flexibility index (Phi) is 9.56. The molecule has 0 radical (unpaired) electrons. The normalized spacial score (nSPS) is 20.0. The van der Waals surface area contributed by atoms with Crippen LogP contribution in [-0.4, -0.2) is 62.4 Å². The zero-order chi connectivity index (χ0) is 20.0. The number of thioether (sulfide) groups is 1. The van der Waals surface area contributed by atoms with Crippen LogP contribution in [0.4, 0.5) is 0 Å². The fourth-order valence-corrected chi connectivity index (χ4v) is 5.52. The van der Waals surface area contributed by atoms with E-state index in [9.17, 15) is 8.42 Å². The third-order valence-corrected chi connectivity index (χ3v) is 8.14. The first kappa shape index (κ1) is 24.7. The van der Waals surface area contributed by atoms with Crippen LogP contribution in [0.15, 0.2) is 40.2 Å². The van der Waals surface area contributed by atoms with Gasteiger partial charge in [0.25, 0.3) is 0 Å². The standard InChI is InChI=1S/C20H32N4O2S2.HI/c1-3-21-19(22-15-17-9-13-24(14-10-17)28(2,25)26)23-16-20(11-12-20)27-18-7-5-4-6-8-18;/h4-8,17H,3,9-16H2,1-2H3,(H2,21,22,23);1H. The summed E-state index contributed by atoms with van der Waals surface area (Å²) in [5.74, 6) is 1.35. The smallest absolute Gasteiger partial charge is 0.211 e. The second kappa shape index (κ2) is 11.2. The fourth-order valence-electron chi connectivity index (χ4n) is 3.42. The molecule has 1 saturated carbocycles. The van der Waals surface area contributed by atoms with Crippen molar-refractivity contribution in [2.24, 2.45) is 10.9 Å². The number of hydrogen-bond acceptors (Lipinski definition) is 4. The molecule has 1 aliphatic heterocycles. The molecule has 1 saturated heterocycles. The Morgan fingerprint density at radius 1 is 1.21 bits per heavy atom. The molecular weight excluding hydrogens is 519 g/mol. The number of rotatable bonds is 8. The number of halogens is 1. The van der Waals surface area contributed by atoms with E-state index in [1.54, 1.807) is 4.31 Å².